The van der Waals surface area contributed by atoms with Crippen LogP contribution in [0, 0.1) is 0 Å². The lowest BCUT2D eigenvalue weighted by atomic mass is 10.1. The number of methoxy groups -OCH3 is 1. The maximum absolute atomic E-state index is 5.48. The van der Waals surface area contributed by atoms with Crippen LogP contribution in [0.5, 0.6) is 11.5 Å². The highest BCUT2D eigenvalue weighted by Crippen LogP contribution is 2.38. The molecule has 0 amide bonds. The molecule has 0 bridgehead atoms. The molecule has 0 aliphatic carbocycles. The highest BCUT2D eigenvalue weighted by atomic mass is 16.5. The van der Waals surface area contributed by atoms with Gasteiger partial charge in [-0.25, -0.2) is 4.98 Å². The predicted octanol–water partition coefficient (Wildman–Crippen LogP) is 2.33. The second-order valence-corrected chi connectivity index (χ2v) is 3.33. The van der Waals surface area contributed by atoms with Gasteiger partial charge < -0.3 is 19.6 Å². The summed E-state index contributed by atoms with van der Waals surface area (Å²) in [7, 11) is 1.58. The average molecular weight is 234 g/mol. The van der Waals surface area contributed by atoms with Crippen molar-refractivity contribution < 1.29 is 13.9 Å². The molecule has 1 aromatic carbocycles. The molecule has 5 nitrogen and oxygen atoms in total. The van der Waals surface area contributed by atoms with Crippen molar-refractivity contribution in [3.05, 3.63) is 24.4 Å². The Labute approximate surface area is 99.2 Å². The lowest BCUT2D eigenvalue weighted by Crippen LogP contribution is -1.96. The Bertz CT molecular complexity index is 508. The van der Waals surface area contributed by atoms with Crippen molar-refractivity contribution >= 4 is 6.01 Å². The monoisotopic (exact) mass is 234 g/mol. The summed E-state index contributed by atoms with van der Waals surface area (Å²) in [5.74, 6) is 1.84. The quantitative estimate of drug-likeness (QED) is 0.879. The number of oxazole rings is 1. The van der Waals surface area contributed by atoms with Gasteiger partial charge in [-0.15, -0.1) is 0 Å². The van der Waals surface area contributed by atoms with Gasteiger partial charge in [0, 0.05) is 0 Å². The van der Waals surface area contributed by atoms with Crippen LogP contribution >= 0.6 is 0 Å². The summed E-state index contributed by atoms with van der Waals surface area (Å²) in [4.78, 5) is 3.86. The van der Waals surface area contributed by atoms with Crippen molar-refractivity contribution in [3.8, 4) is 22.8 Å². The number of nitrogens with zero attached hydrogens (tertiary/aromatic N) is 1. The third-order valence-electron chi connectivity index (χ3n) is 2.27. The van der Waals surface area contributed by atoms with E-state index in [0.29, 0.717) is 23.9 Å². The maximum atomic E-state index is 5.48. The minimum atomic E-state index is 0.129. The van der Waals surface area contributed by atoms with Crippen molar-refractivity contribution in [2.75, 3.05) is 19.5 Å². The summed E-state index contributed by atoms with van der Waals surface area (Å²) in [5, 5.41) is 0. The van der Waals surface area contributed by atoms with Gasteiger partial charge in [-0.1, -0.05) is 6.07 Å². The molecule has 0 atom stereocenters. The normalized spacial score (nSPS) is 10.2. The summed E-state index contributed by atoms with van der Waals surface area (Å²) in [5.41, 5.74) is 6.22. The van der Waals surface area contributed by atoms with Crippen molar-refractivity contribution in [2.24, 2.45) is 0 Å². The first kappa shape index (κ1) is 11.3. The Kier molecular flexibility index (Phi) is 3.18. The van der Waals surface area contributed by atoms with Crippen LogP contribution in [0.15, 0.2) is 28.8 Å². The van der Waals surface area contributed by atoms with Crippen molar-refractivity contribution in [2.45, 2.75) is 6.92 Å². The molecule has 0 fully saturated rings. The van der Waals surface area contributed by atoms with E-state index in [2.05, 4.69) is 4.98 Å². The number of para-hydroxylation sites is 1. The van der Waals surface area contributed by atoms with E-state index in [1.807, 2.05) is 25.1 Å². The Morgan fingerprint density at radius 1 is 1.41 bits per heavy atom. The summed E-state index contributed by atoms with van der Waals surface area (Å²) in [6, 6.07) is 5.69. The molecule has 0 unspecified atom stereocenters. The number of nitrogens with two attached hydrogens (primary N) is 1. The third-order valence-corrected chi connectivity index (χ3v) is 2.27. The van der Waals surface area contributed by atoms with Gasteiger partial charge in [0.25, 0.3) is 6.01 Å². The smallest absolute Gasteiger partial charge is 0.292 e. The van der Waals surface area contributed by atoms with Crippen molar-refractivity contribution in [1.29, 1.82) is 0 Å². The zero-order chi connectivity index (χ0) is 12.3. The summed E-state index contributed by atoms with van der Waals surface area (Å²) < 4.78 is 16.1. The van der Waals surface area contributed by atoms with E-state index in [-0.39, 0.29) is 6.01 Å². The number of rotatable bonds is 4. The third kappa shape index (κ3) is 2.18. The van der Waals surface area contributed by atoms with E-state index in [1.165, 1.54) is 0 Å². The lowest BCUT2D eigenvalue weighted by Gasteiger charge is -2.11. The van der Waals surface area contributed by atoms with Gasteiger partial charge in [0.1, 0.15) is 0 Å². The van der Waals surface area contributed by atoms with Crippen LogP contribution in [-0.4, -0.2) is 18.7 Å². The van der Waals surface area contributed by atoms with E-state index < -0.39 is 0 Å². The number of hydrogen-bond donors (Lipinski definition) is 1. The van der Waals surface area contributed by atoms with Gasteiger partial charge in [-0.05, 0) is 19.1 Å². The van der Waals surface area contributed by atoms with Gasteiger partial charge in [-0.3, -0.25) is 0 Å². The van der Waals surface area contributed by atoms with Crippen LogP contribution in [0.2, 0.25) is 0 Å². The lowest BCUT2D eigenvalue weighted by molar-refractivity contribution is 0.311. The molecule has 0 aliphatic heterocycles. The molecule has 5 heteroatoms. The molecule has 0 saturated carbocycles. The number of benzene rings is 1. The number of anilines is 1. The fourth-order valence-corrected chi connectivity index (χ4v) is 1.60. The van der Waals surface area contributed by atoms with Gasteiger partial charge in [0.15, 0.2) is 17.3 Å². The molecule has 0 spiro atoms. The van der Waals surface area contributed by atoms with Crippen LogP contribution in [0.4, 0.5) is 6.01 Å². The largest absolute Gasteiger partial charge is 0.492 e. The summed E-state index contributed by atoms with van der Waals surface area (Å²) in [6.07, 6.45) is 1.56. The molecule has 1 heterocycles. The van der Waals surface area contributed by atoms with Gasteiger partial charge in [0.05, 0.1) is 25.5 Å². The fraction of sp³-hybridized carbons (Fsp3) is 0.250. The molecule has 17 heavy (non-hydrogen) atoms. The molecular formula is C12H14N2O3. The Balaban J connectivity index is 2.49. The second-order valence-electron chi connectivity index (χ2n) is 3.33. The number of hydrogen-bond acceptors (Lipinski definition) is 5. The second kappa shape index (κ2) is 4.78. The van der Waals surface area contributed by atoms with Crippen molar-refractivity contribution in [3.63, 3.8) is 0 Å². The fourth-order valence-electron chi connectivity index (χ4n) is 1.60. The molecule has 2 N–H and O–H groups in total. The van der Waals surface area contributed by atoms with Gasteiger partial charge in [0.2, 0.25) is 0 Å². The Morgan fingerprint density at radius 2 is 2.24 bits per heavy atom. The first-order valence-corrected chi connectivity index (χ1v) is 5.27. The highest BCUT2D eigenvalue weighted by molar-refractivity contribution is 5.70. The molecule has 2 rings (SSSR count). The molecule has 1 aromatic heterocycles. The van der Waals surface area contributed by atoms with Crippen LogP contribution in [0.1, 0.15) is 6.92 Å². The first-order valence-electron chi connectivity index (χ1n) is 5.27. The Morgan fingerprint density at radius 3 is 2.82 bits per heavy atom. The van der Waals surface area contributed by atoms with E-state index in [9.17, 15) is 0 Å². The minimum absolute atomic E-state index is 0.129. The first-order chi connectivity index (χ1) is 8.26. The molecule has 0 radical (unpaired) electrons. The van der Waals surface area contributed by atoms with Crippen molar-refractivity contribution in [1.82, 2.24) is 4.98 Å². The topological polar surface area (TPSA) is 70.5 Å². The van der Waals surface area contributed by atoms with Gasteiger partial charge in [-0.2, -0.15) is 0 Å². The average Bonchev–Trinajstić information content (AvgIpc) is 2.76. The van der Waals surface area contributed by atoms with Crippen LogP contribution < -0.4 is 15.2 Å². The van der Waals surface area contributed by atoms with E-state index in [4.69, 9.17) is 19.6 Å². The molecule has 90 valence electrons. The molecular weight excluding hydrogens is 220 g/mol. The van der Waals surface area contributed by atoms with E-state index in [0.717, 1.165) is 5.56 Å². The number of aromatic nitrogens is 1. The molecule has 0 saturated heterocycles. The standard InChI is InChI=1S/C12H14N2O3/c1-3-16-9-6-4-5-8(11(9)15-2)10-7-14-12(13)17-10/h4-7H,3H2,1-2H3,(H2,13,14). The molecule has 2 aromatic rings. The van der Waals surface area contributed by atoms with E-state index >= 15 is 0 Å². The molecule has 0 aliphatic rings. The maximum Gasteiger partial charge on any atom is 0.292 e. The zero-order valence-corrected chi connectivity index (χ0v) is 9.77. The summed E-state index contributed by atoms with van der Waals surface area (Å²) in [6.45, 7) is 2.48. The Hall–Kier alpha value is -2.17. The number of ether oxygens (including phenoxy) is 2. The SMILES string of the molecule is CCOc1cccc(-c2cnc(N)o2)c1OC. The van der Waals surface area contributed by atoms with Gasteiger partial charge >= 0.3 is 0 Å². The minimum Gasteiger partial charge on any atom is -0.492 e. The summed E-state index contributed by atoms with van der Waals surface area (Å²) >= 11 is 0. The van der Waals surface area contributed by atoms with Crippen LogP contribution in [-0.2, 0) is 0 Å². The van der Waals surface area contributed by atoms with Crippen LogP contribution in [0.25, 0.3) is 11.3 Å². The zero-order valence-electron chi connectivity index (χ0n) is 9.77. The number of nitrogen functional groups attached to an aromatic ring is 1. The highest BCUT2D eigenvalue weighted by Gasteiger charge is 2.14. The van der Waals surface area contributed by atoms with Crippen LogP contribution in [0.3, 0.4) is 0 Å². The van der Waals surface area contributed by atoms with E-state index in [1.54, 1.807) is 13.3 Å². The predicted molar refractivity (Wildman–Crippen MR) is 64.1 cm³/mol.